The summed E-state index contributed by atoms with van der Waals surface area (Å²) >= 11 is 1.75. The number of thioether (sulfide) groups is 1. The zero-order valence-corrected chi connectivity index (χ0v) is 12.8. The third-order valence-electron chi connectivity index (χ3n) is 3.58. The molecule has 108 valence electrons. The highest BCUT2D eigenvalue weighted by Gasteiger charge is 2.42. The Balaban J connectivity index is 2.04. The summed E-state index contributed by atoms with van der Waals surface area (Å²) in [7, 11) is 0. The van der Waals surface area contributed by atoms with Crippen molar-refractivity contribution in [3.8, 4) is 0 Å². The van der Waals surface area contributed by atoms with Gasteiger partial charge in [0.05, 0.1) is 5.37 Å². The van der Waals surface area contributed by atoms with E-state index in [0.29, 0.717) is 18.4 Å². The second kappa shape index (κ2) is 6.16. The third kappa shape index (κ3) is 3.65. The zero-order chi connectivity index (χ0) is 14.0. The number of hydrogen-bond donors (Lipinski definition) is 1. The second-order valence-corrected chi connectivity index (χ2v) is 7.08. The van der Waals surface area contributed by atoms with Crippen LogP contribution in [0.5, 0.6) is 0 Å². The molecule has 1 saturated heterocycles. The lowest BCUT2D eigenvalue weighted by molar-refractivity contribution is -0.139. The third-order valence-corrected chi connectivity index (χ3v) is 4.89. The Morgan fingerprint density at radius 2 is 2.05 bits per heavy atom. The summed E-state index contributed by atoms with van der Waals surface area (Å²) in [6, 6.07) is 0.0991. The van der Waals surface area contributed by atoms with Crippen LogP contribution >= 0.6 is 11.8 Å². The van der Waals surface area contributed by atoms with Gasteiger partial charge in [-0.25, -0.2) is 0 Å². The molecule has 0 aromatic carbocycles. The molecular formula is C14H24N2O2S. The molecule has 2 unspecified atom stereocenters. The van der Waals surface area contributed by atoms with Crippen LogP contribution in [0.15, 0.2) is 0 Å². The van der Waals surface area contributed by atoms with E-state index in [9.17, 15) is 9.59 Å². The number of nitrogens with zero attached hydrogens (tertiary/aromatic N) is 1. The van der Waals surface area contributed by atoms with E-state index in [2.05, 4.69) is 19.2 Å². The van der Waals surface area contributed by atoms with Crippen molar-refractivity contribution in [1.82, 2.24) is 10.2 Å². The quantitative estimate of drug-likeness (QED) is 0.840. The summed E-state index contributed by atoms with van der Waals surface area (Å²) < 4.78 is 0. The summed E-state index contributed by atoms with van der Waals surface area (Å²) in [4.78, 5) is 26.2. The van der Waals surface area contributed by atoms with Crippen molar-refractivity contribution in [1.29, 1.82) is 0 Å². The number of nitrogens with one attached hydrogen (secondary N) is 1. The standard InChI is InChI=1S/C14H24N2O2S/c1-4-12(17)16-11(14(18)15-10-5-6-10)8-19-13(16)7-9(2)3/h9-11,13H,4-8H2,1-3H3,(H,15,18). The average Bonchev–Trinajstić information content (AvgIpc) is 3.06. The molecule has 0 radical (unpaired) electrons. The normalized spacial score (nSPS) is 26.8. The summed E-state index contributed by atoms with van der Waals surface area (Å²) in [6.45, 7) is 6.19. The number of carbonyl (C=O) groups excluding carboxylic acids is 2. The summed E-state index contributed by atoms with van der Waals surface area (Å²) in [6.07, 6.45) is 3.61. The van der Waals surface area contributed by atoms with Crippen LogP contribution in [0.4, 0.5) is 0 Å². The maximum atomic E-state index is 12.2. The monoisotopic (exact) mass is 284 g/mol. The molecule has 0 spiro atoms. The molecular weight excluding hydrogens is 260 g/mol. The summed E-state index contributed by atoms with van der Waals surface area (Å²) in [5.41, 5.74) is 0. The molecule has 2 rings (SSSR count). The van der Waals surface area contributed by atoms with Crippen LogP contribution in [0.2, 0.25) is 0 Å². The van der Waals surface area contributed by atoms with Gasteiger partial charge in [0.25, 0.3) is 0 Å². The zero-order valence-electron chi connectivity index (χ0n) is 12.0. The van der Waals surface area contributed by atoms with Crippen molar-refractivity contribution >= 4 is 23.6 Å². The van der Waals surface area contributed by atoms with Crippen molar-refractivity contribution in [2.75, 3.05) is 5.75 Å². The molecule has 2 atom stereocenters. The molecule has 19 heavy (non-hydrogen) atoms. The molecule has 1 saturated carbocycles. The van der Waals surface area contributed by atoms with Gasteiger partial charge in [-0.15, -0.1) is 11.8 Å². The lowest BCUT2D eigenvalue weighted by Gasteiger charge is -2.29. The first-order chi connectivity index (χ1) is 9.02. The Morgan fingerprint density at radius 1 is 1.37 bits per heavy atom. The molecule has 1 N–H and O–H groups in total. The van der Waals surface area contributed by atoms with E-state index in [1.54, 1.807) is 11.8 Å². The van der Waals surface area contributed by atoms with Gasteiger partial charge in [-0.05, 0) is 25.2 Å². The number of carbonyl (C=O) groups is 2. The molecule has 1 aliphatic heterocycles. The smallest absolute Gasteiger partial charge is 0.243 e. The highest BCUT2D eigenvalue weighted by molar-refractivity contribution is 8.00. The Kier molecular flexibility index (Phi) is 4.76. The van der Waals surface area contributed by atoms with E-state index in [-0.39, 0.29) is 23.2 Å². The van der Waals surface area contributed by atoms with Crippen molar-refractivity contribution in [3.63, 3.8) is 0 Å². The maximum absolute atomic E-state index is 12.2. The van der Waals surface area contributed by atoms with Crippen LogP contribution < -0.4 is 5.32 Å². The first kappa shape index (κ1) is 14.7. The lowest BCUT2D eigenvalue weighted by Crippen LogP contribution is -2.50. The molecule has 1 aliphatic carbocycles. The average molecular weight is 284 g/mol. The Hall–Kier alpha value is -0.710. The van der Waals surface area contributed by atoms with Crippen molar-refractivity contribution in [3.05, 3.63) is 0 Å². The highest BCUT2D eigenvalue weighted by atomic mass is 32.2. The van der Waals surface area contributed by atoms with E-state index in [1.165, 1.54) is 0 Å². The molecule has 2 aliphatic rings. The molecule has 2 fully saturated rings. The van der Waals surface area contributed by atoms with Crippen LogP contribution in [0.3, 0.4) is 0 Å². The van der Waals surface area contributed by atoms with Gasteiger partial charge in [-0.1, -0.05) is 20.8 Å². The number of rotatable bonds is 5. The largest absolute Gasteiger partial charge is 0.352 e. The Labute approximate surface area is 119 Å². The van der Waals surface area contributed by atoms with Gasteiger partial charge < -0.3 is 10.2 Å². The SMILES string of the molecule is CCC(=O)N1C(CC(C)C)SCC1C(=O)NC1CC1. The minimum Gasteiger partial charge on any atom is -0.352 e. The topological polar surface area (TPSA) is 49.4 Å². The van der Waals surface area contributed by atoms with Crippen molar-refractivity contribution in [2.45, 2.75) is 63.9 Å². The second-order valence-electron chi connectivity index (χ2n) is 5.87. The van der Waals surface area contributed by atoms with E-state index in [1.807, 2.05) is 11.8 Å². The first-order valence-corrected chi connectivity index (χ1v) is 8.31. The maximum Gasteiger partial charge on any atom is 0.243 e. The fourth-order valence-electron chi connectivity index (χ4n) is 2.39. The van der Waals surface area contributed by atoms with Gasteiger partial charge >= 0.3 is 0 Å². The first-order valence-electron chi connectivity index (χ1n) is 7.26. The molecule has 0 bridgehead atoms. The van der Waals surface area contributed by atoms with E-state index in [4.69, 9.17) is 0 Å². The van der Waals surface area contributed by atoms with E-state index >= 15 is 0 Å². The van der Waals surface area contributed by atoms with Crippen molar-refractivity contribution < 1.29 is 9.59 Å². The number of amides is 2. The van der Waals surface area contributed by atoms with Crippen LogP contribution in [-0.4, -0.2) is 39.9 Å². The van der Waals surface area contributed by atoms with Crippen LogP contribution in [-0.2, 0) is 9.59 Å². The van der Waals surface area contributed by atoms with E-state index < -0.39 is 0 Å². The van der Waals surface area contributed by atoms with Gasteiger partial charge in [0, 0.05) is 18.2 Å². The Morgan fingerprint density at radius 3 is 2.58 bits per heavy atom. The minimum absolute atomic E-state index is 0.0445. The fraction of sp³-hybridized carbons (Fsp3) is 0.857. The molecule has 2 amide bonds. The summed E-state index contributed by atoms with van der Waals surface area (Å²) in [5, 5.41) is 3.20. The number of hydrogen-bond acceptors (Lipinski definition) is 3. The predicted octanol–water partition coefficient (Wildman–Crippen LogP) is 1.99. The van der Waals surface area contributed by atoms with E-state index in [0.717, 1.165) is 25.0 Å². The highest BCUT2D eigenvalue weighted by Crippen LogP contribution is 2.34. The minimum atomic E-state index is -0.262. The summed E-state index contributed by atoms with van der Waals surface area (Å²) in [5.74, 6) is 1.42. The van der Waals surface area contributed by atoms with Gasteiger partial charge in [-0.3, -0.25) is 9.59 Å². The molecule has 0 aromatic rings. The van der Waals surface area contributed by atoms with Crippen LogP contribution in [0.25, 0.3) is 0 Å². The Bertz CT molecular complexity index is 355. The van der Waals surface area contributed by atoms with Crippen molar-refractivity contribution in [2.24, 2.45) is 5.92 Å². The molecule has 5 heteroatoms. The van der Waals surface area contributed by atoms with Gasteiger partial charge in [0.1, 0.15) is 6.04 Å². The van der Waals surface area contributed by atoms with Crippen LogP contribution in [0, 0.1) is 5.92 Å². The predicted molar refractivity (Wildman–Crippen MR) is 77.8 cm³/mol. The fourth-order valence-corrected chi connectivity index (χ4v) is 4.05. The van der Waals surface area contributed by atoms with Gasteiger partial charge in [-0.2, -0.15) is 0 Å². The van der Waals surface area contributed by atoms with Gasteiger partial charge in [0.15, 0.2) is 0 Å². The molecule has 4 nitrogen and oxygen atoms in total. The van der Waals surface area contributed by atoms with Crippen LogP contribution in [0.1, 0.15) is 46.5 Å². The molecule has 0 aromatic heterocycles. The molecule has 1 heterocycles. The van der Waals surface area contributed by atoms with Gasteiger partial charge in [0.2, 0.25) is 11.8 Å². The lowest BCUT2D eigenvalue weighted by atomic mass is 10.1.